The molecule has 2 N–H and O–H groups in total. The van der Waals surface area contributed by atoms with E-state index in [0.29, 0.717) is 12.6 Å². The quantitative estimate of drug-likeness (QED) is 0.599. The molecule has 2 aromatic heterocycles. The Balaban J connectivity index is 1.47. The molecule has 0 aromatic carbocycles. The van der Waals surface area contributed by atoms with Crippen molar-refractivity contribution in [3.8, 4) is 0 Å². The number of hydrogen-bond donors (Lipinski definition) is 2. The molecule has 3 rings (SSSR count). The number of aliphatic imine (C=N–C) groups is 1. The van der Waals surface area contributed by atoms with Crippen LogP contribution in [0.25, 0.3) is 0 Å². The first kappa shape index (κ1) is 18.4. The first-order valence-electron chi connectivity index (χ1n) is 8.92. The van der Waals surface area contributed by atoms with Crippen LogP contribution in [0.2, 0.25) is 0 Å². The van der Waals surface area contributed by atoms with Crippen molar-refractivity contribution in [3.05, 3.63) is 38.5 Å². The third-order valence-electron chi connectivity index (χ3n) is 4.30. The molecule has 136 valence electrons. The van der Waals surface area contributed by atoms with Crippen molar-refractivity contribution in [2.75, 3.05) is 19.6 Å². The lowest BCUT2D eigenvalue weighted by Gasteiger charge is -2.32. The largest absolute Gasteiger partial charge is 0.357 e. The van der Waals surface area contributed by atoms with Crippen LogP contribution in [-0.2, 0) is 13.1 Å². The van der Waals surface area contributed by atoms with Crippen molar-refractivity contribution in [1.82, 2.24) is 20.5 Å². The normalized spacial score (nSPS) is 17.0. The number of likely N-dealkylation sites (tertiary alicyclic amines) is 1. The van der Waals surface area contributed by atoms with Crippen LogP contribution >= 0.6 is 22.7 Å². The van der Waals surface area contributed by atoms with Gasteiger partial charge in [-0.1, -0.05) is 0 Å². The van der Waals surface area contributed by atoms with E-state index in [4.69, 9.17) is 4.99 Å². The van der Waals surface area contributed by atoms with Crippen LogP contribution in [0.15, 0.2) is 28.0 Å². The number of guanidine groups is 1. The number of piperidine rings is 1. The summed E-state index contributed by atoms with van der Waals surface area (Å²) in [5, 5.41) is 12.4. The van der Waals surface area contributed by atoms with E-state index in [1.54, 1.807) is 22.7 Å². The summed E-state index contributed by atoms with van der Waals surface area (Å²) in [6.45, 7) is 9.06. The van der Waals surface area contributed by atoms with Crippen molar-refractivity contribution in [2.45, 2.75) is 45.8 Å². The SMILES string of the molecule is CCNC(=NCc1ncc(C)s1)NC1CCN(Cc2ccsc2)CC1. The Bertz CT molecular complexity index is 657. The van der Waals surface area contributed by atoms with Gasteiger partial charge in [-0.25, -0.2) is 9.98 Å². The molecule has 1 aliphatic rings. The molecule has 25 heavy (non-hydrogen) atoms. The molecule has 7 heteroatoms. The highest BCUT2D eigenvalue weighted by atomic mass is 32.1. The van der Waals surface area contributed by atoms with Gasteiger partial charge in [-0.15, -0.1) is 11.3 Å². The lowest BCUT2D eigenvalue weighted by atomic mass is 10.0. The van der Waals surface area contributed by atoms with Gasteiger partial charge in [0.25, 0.3) is 0 Å². The van der Waals surface area contributed by atoms with Crippen LogP contribution in [0.3, 0.4) is 0 Å². The van der Waals surface area contributed by atoms with E-state index >= 15 is 0 Å². The summed E-state index contributed by atoms with van der Waals surface area (Å²) >= 11 is 3.50. The topological polar surface area (TPSA) is 52.6 Å². The Labute approximate surface area is 158 Å². The lowest BCUT2D eigenvalue weighted by Crippen LogP contribution is -2.48. The van der Waals surface area contributed by atoms with Crippen LogP contribution in [0.4, 0.5) is 0 Å². The first-order chi connectivity index (χ1) is 12.2. The summed E-state index contributed by atoms with van der Waals surface area (Å²) < 4.78 is 0. The van der Waals surface area contributed by atoms with Gasteiger partial charge in [-0.05, 0) is 49.1 Å². The highest BCUT2D eigenvalue weighted by Gasteiger charge is 2.20. The smallest absolute Gasteiger partial charge is 0.191 e. The molecule has 0 amide bonds. The maximum Gasteiger partial charge on any atom is 0.191 e. The minimum atomic E-state index is 0.495. The van der Waals surface area contributed by atoms with E-state index in [-0.39, 0.29) is 0 Å². The minimum absolute atomic E-state index is 0.495. The maximum absolute atomic E-state index is 4.70. The number of nitrogens with zero attached hydrogens (tertiary/aromatic N) is 3. The molecule has 0 saturated carbocycles. The molecular weight excluding hydrogens is 350 g/mol. The fraction of sp³-hybridized carbons (Fsp3) is 0.556. The molecule has 0 radical (unpaired) electrons. The molecule has 2 aromatic rings. The summed E-state index contributed by atoms with van der Waals surface area (Å²) in [6.07, 6.45) is 4.23. The Morgan fingerprint density at radius 2 is 2.24 bits per heavy atom. The van der Waals surface area contributed by atoms with Crippen molar-refractivity contribution >= 4 is 28.6 Å². The highest BCUT2D eigenvalue weighted by molar-refractivity contribution is 7.11. The van der Waals surface area contributed by atoms with E-state index in [2.05, 4.69) is 51.2 Å². The fourth-order valence-electron chi connectivity index (χ4n) is 3.01. The third-order valence-corrected chi connectivity index (χ3v) is 5.93. The Morgan fingerprint density at radius 3 is 2.88 bits per heavy atom. The zero-order valence-corrected chi connectivity index (χ0v) is 16.6. The molecule has 0 aliphatic carbocycles. The monoisotopic (exact) mass is 377 g/mol. The molecule has 1 fully saturated rings. The number of aryl methyl sites for hydroxylation is 1. The maximum atomic E-state index is 4.70. The van der Waals surface area contributed by atoms with Crippen molar-refractivity contribution in [3.63, 3.8) is 0 Å². The van der Waals surface area contributed by atoms with Gasteiger partial charge in [0.1, 0.15) is 5.01 Å². The molecule has 1 aliphatic heterocycles. The average Bonchev–Trinajstić information content (AvgIpc) is 3.26. The van der Waals surface area contributed by atoms with Gasteiger partial charge in [-0.2, -0.15) is 11.3 Å². The second kappa shape index (κ2) is 9.31. The van der Waals surface area contributed by atoms with Gasteiger partial charge in [0.2, 0.25) is 0 Å². The minimum Gasteiger partial charge on any atom is -0.357 e. The number of rotatable bonds is 6. The zero-order valence-electron chi connectivity index (χ0n) is 15.0. The van der Waals surface area contributed by atoms with Crippen LogP contribution in [0, 0.1) is 6.92 Å². The van der Waals surface area contributed by atoms with Gasteiger partial charge >= 0.3 is 0 Å². The van der Waals surface area contributed by atoms with Crippen molar-refractivity contribution in [2.24, 2.45) is 4.99 Å². The third kappa shape index (κ3) is 5.80. The van der Waals surface area contributed by atoms with Crippen molar-refractivity contribution < 1.29 is 0 Å². The number of nitrogens with one attached hydrogen (secondary N) is 2. The van der Waals surface area contributed by atoms with Crippen LogP contribution in [0.5, 0.6) is 0 Å². The van der Waals surface area contributed by atoms with Gasteiger partial charge in [0.15, 0.2) is 5.96 Å². The van der Waals surface area contributed by atoms with Gasteiger partial charge in [0.05, 0.1) is 6.54 Å². The first-order valence-corrected chi connectivity index (χ1v) is 10.7. The number of aromatic nitrogens is 1. The molecule has 1 saturated heterocycles. The molecule has 0 unspecified atom stereocenters. The van der Waals surface area contributed by atoms with E-state index in [1.165, 1.54) is 10.4 Å². The van der Waals surface area contributed by atoms with Gasteiger partial charge in [-0.3, -0.25) is 4.90 Å². The highest BCUT2D eigenvalue weighted by Crippen LogP contribution is 2.16. The van der Waals surface area contributed by atoms with E-state index in [9.17, 15) is 0 Å². The second-order valence-corrected chi connectivity index (χ2v) is 8.49. The fourth-order valence-corrected chi connectivity index (χ4v) is 4.38. The summed E-state index contributed by atoms with van der Waals surface area (Å²) in [4.78, 5) is 12.9. The standard InChI is InChI=1S/C18H27N5S2/c1-3-19-18(21-11-17-20-10-14(2)25-17)22-16-4-7-23(8-5-16)12-15-6-9-24-13-15/h6,9-10,13,16H,3-5,7-8,11-12H2,1-2H3,(H2,19,21,22). The summed E-state index contributed by atoms with van der Waals surface area (Å²) in [7, 11) is 0. The number of hydrogen-bond acceptors (Lipinski definition) is 5. The average molecular weight is 378 g/mol. The molecule has 0 bridgehead atoms. The number of thiophene rings is 1. The van der Waals surface area contributed by atoms with E-state index in [0.717, 1.165) is 50.0 Å². The molecule has 0 spiro atoms. The molecule has 5 nitrogen and oxygen atoms in total. The Hall–Kier alpha value is -1.44. The molecule has 3 heterocycles. The number of thiazole rings is 1. The molecule has 0 atom stereocenters. The predicted molar refractivity (Wildman–Crippen MR) is 107 cm³/mol. The van der Waals surface area contributed by atoms with Crippen molar-refractivity contribution in [1.29, 1.82) is 0 Å². The van der Waals surface area contributed by atoms with Crippen LogP contribution in [-0.4, -0.2) is 41.5 Å². The Kier molecular flexibility index (Phi) is 6.84. The van der Waals surface area contributed by atoms with E-state index < -0.39 is 0 Å². The summed E-state index contributed by atoms with van der Waals surface area (Å²) in [6, 6.07) is 2.72. The van der Waals surface area contributed by atoms with Crippen LogP contribution < -0.4 is 10.6 Å². The van der Waals surface area contributed by atoms with Gasteiger partial charge < -0.3 is 10.6 Å². The van der Waals surface area contributed by atoms with E-state index in [1.807, 2.05) is 6.20 Å². The Morgan fingerprint density at radius 1 is 1.40 bits per heavy atom. The zero-order chi connectivity index (χ0) is 17.5. The summed E-state index contributed by atoms with van der Waals surface area (Å²) in [5.74, 6) is 0.909. The lowest BCUT2D eigenvalue weighted by molar-refractivity contribution is 0.198. The predicted octanol–water partition coefficient (Wildman–Crippen LogP) is 3.23. The summed E-state index contributed by atoms with van der Waals surface area (Å²) in [5.41, 5.74) is 1.44. The molecular formula is C18H27N5S2. The van der Waals surface area contributed by atoms with Crippen LogP contribution in [0.1, 0.15) is 35.2 Å². The second-order valence-electron chi connectivity index (χ2n) is 6.39. The van der Waals surface area contributed by atoms with Gasteiger partial charge in [0, 0.05) is 43.3 Å².